The van der Waals surface area contributed by atoms with Gasteiger partial charge in [0.1, 0.15) is 0 Å². The van der Waals surface area contributed by atoms with E-state index in [2.05, 4.69) is 15.5 Å². The van der Waals surface area contributed by atoms with Gasteiger partial charge in [-0.25, -0.2) is 4.79 Å². The highest BCUT2D eigenvalue weighted by atomic mass is 35.5. The lowest BCUT2D eigenvalue weighted by Gasteiger charge is -2.14. The van der Waals surface area contributed by atoms with Crippen LogP contribution < -0.4 is 5.32 Å². The summed E-state index contributed by atoms with van der Waals surface area (Å²) in [4.78, 5) is 23.5. The van der Waals surface area contributed by atoms with Gasteiger partial charge in [0.05, 0.1) is 23.1 Å². The molecule has 0 atom stereocenters. The summed E-state index contributed by atoms with van der Waals surface area (Å²) in [5.74, 6) is 0.0699. The number of hydrogen-bond donors (Lipinski definition) is 1. The van der Waals surface area contributed by atoms with E-state index in [1.807, 2.05) is 54.8 Å². The first-order valence-corrected chi connectivity index (χ1v) is 10.6. The Kier molecular flexibility index (Phi) is 7.12. The first-order chi connectivity index (χ1) is 14.4. The lowest BCUT2D eigenvalue weighted by molar-refractivity contribution is -0.117. The van der Waals surface area contributed by atoms with Crippen molar-refractivity contribution in [1.82, 2.24) is 20.1 Å². The summed E-state index contributed by atoms with van der Waals surface area (Å²) in [5.41, 5.74) is 3.72. The van der Waals surface area contributed by atoms with Crippen LogP contribution in [0.5, 0.6) is 0 Å². The number of carbonyl (C=O) groups is 2. The van der Waals surface area contributed by atoms with Crippen LogP contribution >= 0.6 is 23.4 Å². The molecule has 156 valence electrons. The molecule has 0 aliphatic heterocycles. The zero-order valence-electron chi connectivity index (χ0n) is 16.8. The first kappa shape index (κ1) is 21.9. The number of imide groups is 1. The Morgan fingerprint density at radius 2 is 1.93 bits per heavy atom. The fourth-order valence-corrected chi connectivity index (χ4v) is 3.77. The van der Waals surface area contributed by atoms with Gasteiger partial charge in [-0.05, 0) is 50.1 Å². The Hall–Kier alpha value is -2.84. The minimum atomic E-state index is -0.768. The van der Waals surface area contributed by atoms with E-state index in [4.69, 9.17) is 16.3 Å². The van der Waals surface area contributed by atoms with E-state index in [1.165, 1.54) is 11.8 Å². The fraction of sp³-hybridized carbons (Fsp3) is 0.238. The molecule has 1 heterocycles. The number of rotatable bonds is 6. The van der Waals surface area contributed by atoms with Crippen LogP contribution in [0.15, 0.2) is 47.6 Å². The van der Waals surface area contributed by atoms with E-state index < -0.39 is 12.0 Å². The summed E-state index contributed by atoms with van der Waals surface area (Å²) in [7, 11) is 0. The number of alkyl carbamates (subject to hydrolysis) is 1. The van der Waals surface area contributed by atoms with E-state index in [0.29, 0.717) is 16.0 Å². The number of aromatic nitrogens is 3. The van der Waals surface area contributed by atoms with E-state index in [9.17, 15) is 9.59 Å². The van der Waals surface area contributed by atoms with Crippen LogP contribution in [-0.2, 0) is 9.53 Å². The summed E-state index contributed by atoms with van der Waals surface area (Å²) in [6, 6.07) is 13.5. The van der Waals surface area contributed by atoms with Crippen molar-refractivity contribution in [2.45, 2.75) is 25.9 Å². The summed E-state index contributed by atoms with van der Waals surface area (Å²) >= 11 is 7.58. The number of halogens is 1. The van der Waals surface area contributed by atoms with Gasteiger partial charge < -0.3 is 4.74 Å². The van der Waals surface area contributed by atoms with Gasteiger partial charge in [0.25, 0.3) is 0 Å². The number of amides is 2. The molecule has 2 amide bonds. The van der Waals surface area contributed by atoms with Crippen molar-refractivity contribution in [3.8, 4) is 17.1 Å². The van der Waals surface area contributed by atoms with E-state index >= 15 is 0 Å². The first-order valence-electron chi connectivity index (χ1n) is 9.28. The van der Waals surface area contributed by atoms with Crippen LogP contribution in [0.25, 0.3) is 17.1 Å². The van der Waals surface area contributed by atoms with E-state index in [-0.39, 0.29) is 12.4 Å². The Morgan fingerprint density at radius 3 is 2.67 bits per heavy atom. The fourth-order valence-electron chi connectivity index (χ4n) is 2.81. The van der Waals surface area contributed by atoms with Gasteiger partial charge in [-0.2, -0.15) is 0 Å². The molecule has 0 fully saturated rings. The molecule has 0 saturated heterocycles. The predicted molar refractivity (Wildman–Crippen MR) is 117 cm³/mol. The molecule has 0 aliphatic carbocycles. The molecule has 3 rings (SSSR count). The van der Waals surface area contributed by atoms with Gasteiger partial charge >= 0.3 is 6.09 Å². The molecule has 7 nitrogen and oxygen atoms in total. The highest BCUT2D eigenvalue weighted by molar-refractivity contribution is 7.99. The normalized spacial score (nSPS) is 10.7. The van der Waals surface area contributed by atoms with Gasteiger partial charge in [0.2, 0.25) is 5.91 Å². The molecule has 0 unspecified atom stereocenters. The highest BCUT2D eigenvalue weighted by Gasteiger charge is 2.20. The van der Waals surface area contributed by atoms with Crippen molar-refractivity contribution >= 4 is 35.4 Å². The molecule has 0 bridgehead atoms. The summed E-state index contributed by atoms with van der Waals surface area (Å²) in [5, 5.41) is 11.9. The number of nitrogens with one attached hydrogen (secondary N) is 1. The Labute approximate surface area is 183 Å². The van der Waals surface area contributed by atoms with Crippen LogP contribution in [-0.4, -0.2) is 39.1 Å². The second kappa shape index (κ2) is 9.77. The smallest absolute Gasteiger partial charge is 0.413 e. The third kappa shape index (κ3) is 5.01. The van der Waals surface area contributed by atoms with Gasteiger partial charge in [0, 0.05) is 5.56 Å². The van der Waals surface area contributed by atoms with Crippen molar-refractivity contribution in [3.05, 3.63) is 58.6 Å². The Bertz CT molecular complexity index is 1080. The van der Waals surface area contributed by atoms with Gasteiger partial charge in [0.15, 0.2) is 11.0 Å². The monoisotopic (exact) mass is 444 g/mol. The molecule has 2 aromatic carbocycles. The molecular formula is C21H21ClN4O3S. The van der Waals surface area contributed by atoms with Crippen LogP contribution in [0.2, 0.25) is 5.02 Å². The van der Waals surface area contributed by atoms with E-state index in [1.54, 1.807) is 13.0 Å². The third-order valence-corrected chi connectivity index (χ3v) is 5.46. The molecule has 1 aromatic heterocycles. The van der Waals surface area contributed by atoms with Crippen molar-refractivity contribution in [3.63, 3.8) is 0 Å². The number of benzene rings is 2. The molecule has 3 aromatic rings. The van der Waals surface area contributed by atoms with Gasteiger partial charge in [-0.1, -0.05) is 47.6 Å². The zero-order chi connectivity index (χ0) is 21.7. The molecular weight excluding hydrogens is 424 g/mol. The number of thioether (sulfide) groups is 1. The van der Waals surface area contributed by atoms with Gasteiger partial charge in [-0.3, -0.25) is 14.7 Å². The molecule has 1 N–H and O–H groups in total. The lowest BCUT2D eigenvalue weighted by atomic mass is 10.1. The number of ether oxygens (including phenoxy) is 1. The second-order valence-corrected chi connectivity index (χ2v) is 7.82. The lowest BCUT2D eigenvalue weighted by Crippen LogP contribution is -2.32. The van der Waals surface area contributed by atoms with E-state index in [0.717, 1.165) is 22.4 Å². The minimum absolute atomic E-state index is 0.0235. The van der Waals surface area contributed by atoms with Gasteiger partial charge in [-0.15, -0.1) is 10.2 Å². The summed E-state index contributed by atoms with van der Waals surface area (Å²) < 4.78 is 6.61. The number of hydrogen-bond acceptors (Lipinski definition) is 6. The number of aryl methyl sites for hydroxylation is 2. The SMILES string of the molecule is CCOC(=O)NC(=O)CSc1nnc(-c2ccccc2Cl)n1-c1cc(C)ccc1C. The highest BCUT2D eigenvalue weighted by Crippen LogP contribution is 2.33. The predicted octanol–water partition coefficient (Wildman–Crippen LogP) is 4.57. The quantitative estimate of drug-likeness (QED) is 0.560. The maximum Gasteiger partial charge on any atom is 0.413 e. The van der Waals surface area contributed by atoms with Crippen LogP contribution in [0, 0.1) is 13.8 Å². The third-order valence-electron chi connectivity index (χ3n) is 4.20. The van der Waals surface area contributed by atoms with Crippen LogP contribution in [0.1, 0.15) is 18.1 Å². The molecule has 9 heteroatoms. The maximum atomic E-state index is 12.1. The number of nitrogens with zero attached hydrogens (tertiary/aromatic N) is 3. The largest absolute Gasteiger partial charge is 0.450 e. The maximum absolute atomic E-state index is 12.1. The van der Waals surface area contributed by atoms with Crippen molar-refractivity contribution < 1.29 is 14.3 Å². The Morgan fingerprint density at radius 1 is 1.17 bits per heavy atom. The molecule has 30 heavy (non-hydrogen) atoms. The molecule has 0 aliphatic rings. The topological polar surface area (TPSA) is 86.1 Å². The Balaban J connectivity index is 1.98. The molecule has 0 radical (unpaired) electrons. The van der Waals surface area contributed by atoms with Crippen LogP contribution in [0.3, 0.4) is 0 Å². The second-order valence-electron chi connectivity index (χ2n) is 6.47. The standard InChI is InChI=1S/C21H21ClN4O3S/c1-4-29-21(28)23-18(27)12-30-20-25-24-19(15-7-5-6-8-16(15)22)26(20)17-11-13(2)9-10-14(17)3/h5-11H,4,12H2,1-3H3,(H,23,27,28). The zero-order valence-corrected chi connectivity index (χ0v) is 18.4. The summed E-state index contributed by atoms with van der Waals surface area (Å²) in [6.07, 6.45) is -0.768. The molecule has 0 spiro atoms. The average molecular weight is 445 g/mol. The minimum Gasteiger partial charge on any atom is -0.450 e. The average Bonchev–Trinajstić information content (AvgIpc) is 3.12. The van der Waals surface area contributed by atoms with Crippen LogP contribution in [0.4, 0.5) is 4.79 Å². The van der Waals surface area contributed by atoms with Crippen molar-refractivity contribution in [2.75, 3.05) is 12.4 Å². The van der Waals surface area contributed by atoms with Crippen molar-refractivity contribution in [1.29, 1.82) is 0 Å². The number of carbonyl (C=O) groups excluding carboxylic acids is 2. The molecule has 0 saturated carbocycles. The van der Waals surface area contributed by atoms with Crippen molar-refractivity contribution in [2.24, 2.45) is 0 Å². The summed E-state index contributed by atoms with van der Waals surface area (Å²) in [6.45, 7) is 5.85.